The first-order valence-electron chi connectivity index (χ1n) is 19.3. The van der Waals surface area contributed by atoms with E-state index in [1.165, 1.54) is 10.4 Å². The highest BCUT2D eigenvalue weighted by atomic mass is 28.4. The summed E-state index contributed by atoms with van der Waals surface area (Å²) in [6, 6.07) is 29.5. The summed E-state index contributed by atoms with van der Waals surface area (Å²) in [6.45, 7) is 26.1. The number of ether oxygens (including phenoxy) is 2. The van der Waals surface area contributed by atoms with E-state index in [1.54, 1.807) is 7.11 Å². The zero-order valence-electron chi connectivity index (χ0n) is 34.8. The maximum Gasteiger partial charge on any atom is 0.261 e. The van der Waals surface area contributed by atoms with Gasteiger partial charge >= 0.3 is 0 Å². The molecule has 3 aromatic carbocycles. The van der Waals surface area contributed by atoms with Gasteiger partial charge in [-0.15, -0.1) is 0 Å². The first-order valence-corrected chi connectivity index (χ1v) is 28.1. The Balaban J connectivity index is 1.66. The molecule has 0 bridgehead atoms. The van der Waals surface area contributed by atoms with E-state index in [0.29, 0.717) is 32.7 Å². The second-order valence-electron chi connectivity index (χ2n) is 17.5. The first-order chi connectivity index (χ1) is 24.8. The summed E-state index contributed by atoms with van der Waals surface area (Å²) in [5.74, 6) is 1.16. The third-order valence-electron chi connectivity index (χ3n) is 9.25. The van der Waals surface area contributed by atoms with Crippen molar-refractivity contribution in [3.05, 3.63) is 102 Å². The van der Waals surface area contributed by atoms with Crippen LogP contribution in [0.25, 0.3) is 0 Å². The quantitative estimate of drug-likeness (QED) is 0.0748. The van der Waals surface area contributed by atoms with Gasteiger partial charge in [0.1, 0.15) is 5.75 Å². The third kappa shape index (κ3) is 14.8. The molecular formula is C44H68O6Si3. The maximum atomic E-state index is 13.4. The van der Waals surface area contributed by atoms with Crippen LogP contribution >= 0.6 is 0 Å². The summed E-state index contributed by atoms with van der Waals surface area (Å²) in [6.07, 6.45) is 4.42. The number of allylic oxidation sites excluding steroid dienone is 1. The lowest BCUT2D eigenvalue weighted by atomic mass is 9.97. The SMILES string of the molecule is COc1ccc(COC[C@@H](C)[C@H](C/C(C)=C/C(=O)CCC[C@@H](CO[Si](c2ccccc2)(c2ccccc2)C(C)(C)C)O[Si](C)(C)C)O[Si](C)(C)C)cc1. The Labute approximate surface area is 325 Å². The predicted octanol–water partition coefficient (Wildman–Crippen LogP) is 9.94. The van der Waals surface area contributed by atoms with E-state index in [2.05, 4.69) is 135 Å². The van der Waals surface area contributed by atoms with E-state index in [9.17, 15) is 4.79 Å². The minimum Gasteiger partial charge on any atom is -0.497 e. The predicted molar refractivity (Wildman–Crippen MR) is 229 cm³/mol. The molecule has 0 aliphatic rings. The molecule has 0 unspecified atom stereocenters. The number of ketones is 1. The van der Waals surface area contributed by atoms with Gasteiger partial charge in [0.05, 0.1) is 39.1 Å². The van der Waals surface area contributed by atoms with E-state index in [0.717, 1.165) is 29.7 Å². The molecule has 0 aliphatic heterocycles. The fraction of sp³-hybridized carbons (Fsp3) is 0.523. The lowest BCUT2D eigenvalue weighted by Crippen LogP contribution is -2.67. The molecule has 53 heavy (non-hydrogen) atoms. The van der Waals surface area contributed by atoms with Gasteiger partial charge in [0.2, 0.25) is 0 Å². The summed E-state index contributed by atoms with van der Waals surface area (Å²) < 4.78 is 32.1. The molecule has 0 spiro atoms. The van der Waals surface area contributed by atoms with Crippen LogP contribution in [-0.4, -0.2) is 63.3 Å². The monoisotopic (exact) mass is 776 g/mol. The summed E-state index contributed by atoms with van der Waals surface area (Å²) >= 11 is 0. The second kappa shape index (κ2) is 20.3. The van der Waals surface area contributed by atoms with E-state index in [-0.39, 0.29) is 28.9 Å². The molecule has 0 aliphatic carbocycles. The van der Waals surface area contributed by atoms with Crippen molar-refractivity contribution in [3.8, 4) is 5.75 Å². The average Bonchev–Trinajstić information content (AvgIpc) is 3.07. The molecule has 3 aromatic rings. The summed E-state index contributed by atoms with van der Waals surface area (Å²) in [4.78, 5) is 13.4. The normalized spacial score (nSPS) is 14.8. The van der Waals surface area contributed by atoms with Gasteiger partial charge in [0.15, 0.2) is 22.4 Å². The van der Waals surface area contributed by atoms with E-state index < -0.39 is 25.0 Å². The number of hydrogen-bond acceptors (Lipinski definition) is 6. The number of hydrogen-bond donors (Lipinski definition) is 0. The van der Waals surface area contributed by atoms with Gasteiger partial charge in [0, 0.05) is 12.3 Å². The smallest absolute Gasteiger partial charge is 0.261 e. The Morgan fingerprint density at radius 1 is 0.774 bits per heavy atom. The number of methoxy groups -OCH3 is 1. The van der Waals surface area contributed by atoms with Crippen molar-refractivity contribution in [2.24, 2.45) is 5.92 Å². The highest BCUT2D eigenvalue weighted by Crippen LogP contribution is 2.37. The molecule has 9 heteroatoms. The van der Waals surface area contributed by atoms with E-state index in [1.807, 2.05) is 30.3 Å². The Morgan fingerprint density at radius 3 is 1.81 bits per heavy atom. The molecule has 0 radical (unpaired) electrons. The van der Waals surface area contributed by atoms with Gasteiger partial charge in [-0.25, -0.2) is 0 Å². The van der Waals surface area contributed by atoms with Crippen molar-refractivity contribution in [1.29, 1.82) is 0 Å². The zero-order chi connectivity index (χ0) is 39.3. The van der Waals surface area contributed by atoms with Crippen LogP contribution in [-0.2, 0) is 29.4 Å². The van der Waals surface area contributed by atoms with E-state index in [4.69, 9.17) is 22.8 Å². The van der Waals surface area contributed by atoms with Gasteiger partial charge in [-0.1, -0.05) is 106 Å². The van der Waals surface area contributed by atoms with Crippen LogP contribution in [0.3, 0.4) is 0 Å². The standard InChI is InChI=1S/C44H68O6Si3/c1-35(31-43(50-52(10,11)12)36(2)32-47-33-37-26-28-39(46-6)29-27-37)30-38(45)20-19-21-40(49-51(7,8)9)34-48-53(44(3,4)5,41-22-15-13-16-23-41)42-24-17-14-18-25-42/h13-18,22-30,36,40,43H,19-21,31-34H2,1-12H3/b35-30+/t36-,40+,43+/m1/s1. The molecule has 0 saturated heterocycles. The van der Waals surface area contributed by atoms with Crippen LogP contribution in [0.2, 0.25) is 44.3 Å². The minimum atomic E-state index is -2.71. The number of rotatable bonds is 22. The lowest BCUT2D eigenvalue weighted by molar-refractivity contribution is -0.114. The van der Waals surface area contributed by atoms with Crippen molar-refractivity contribution >= 4 is 41.1 Å². The lowest BCUT2D eigenvalue weighted by Gasteiger charge is -2.44. The van der Waals surface area contributed by atoms with Crippen molar-refractivity contribution in [1.82, 2.24) is 0 Å². The Hall–Kier alpha value is -2.64. The summed E-state index contributed by atoms with van der Waals surface area (Å²) in [5.41, 5.74) is 2.15. The molecule has 0 aromatic heterocycles. The third-order valence-corrected chi connectivity index (χ3v) is 16.3. The molecule has 0 N–H and O–H groups in total. The molecule has 0 fully saturated rings. The summed E-state index contributed by atoms with van der Waals surface area (Å²) in [7, 11) is -4.76. The Morgan fingerprint density at radius 2 is 1.32 bits per heavy atom. The van der Waals surface area contributed by atoms with Gasteiger partial charge in [0.25, 0.3) is 8.32 Å². The van der Waals surface area contributed by atoms with Crippen LogP contribution in [0.4, 0.5) is 0 Å². The van der Waals surface area contributed by atoms with Crippen LogP contribution < -0.4 is 15.1 Å². The molecule has 6 nitrogen and oxygen atoms in total. The average molecular weight is 777 g/mol. The largest absolute Gasteiger partial charge is 0.497 e. The molecule has 3 rings (SSSR count). The Bertz CT molecular complexity index is 1500. The fourth-order valence-electron chi connectivity index (χ4n) is 6.89. The minimum absolute atomic E-state index is 0.0188. The van der Waals surface area contributed by atoms with Crippen molar-refractivity contribution in [2.75, 3.05) is 20.3 Å². The number of benzene rings is 3. The van der Waals surface area contributed by atoms with Gasteiger partial charge in [-0.3, -0.25) is 4.79 Å². The van der Waals surface area contributed by atoms with Crippen LogP contribution in [0.1, 0.15) is 65.9 Å². The van der Waals surface area contributed by atoms with Crippen molar-refractivity contribution in [2.45, 2.75) is 123 Å². The number of carbonyl (C=O) groups excluding carboxylic acids is 1. The van der Waals surface area contributed by atoms with Crippen molar-refractivity contribution < 1.29 is 27.5 Å². The van der Waals surface area contributed by atoms with Gasteiger partial charge in [-0.2, -0.15) is 0 Å². The molecule has 3 atom stereocenters. The molecular weight excluding hydrogens is 709 g/mol. The maximum absolute atomic E-state index is 13.4. The summed E-state index contributed by atoms with van der Waals surface area (Å²) in [5, 5.41) is 2.40. The zero-order valence-corrected chi connectivity index (χ0v) is 37.8. The van der Waals surface area contributed by atoms with Crippen molar-refractivity contribution in [3.63, 3.8) is 0 Å². The molecule has 0 amide bonds. The molecule has 0 heterocycles. The fourth-order valence-corrected chi connectivity index (χ4v) is 13.9. The highest BCUT2D eigenvalue weighted by Gasteiger charge is 2.50. The van der Waals surface area contributed by atoms with Gasteiger partial charge in [-0.05, 0) is 105 Å². The van der Waals surface area contributed by atoms with Crippen LogP contribution in [0.15, 0.2) is 96.6 Å². The van der Waals surface area contributed by atoms with Crippen LogP contribution in [0.5, 0.6) is 5.75 Å². The highest BCUT2D eigenvalue weighted by molar-refractivity contribution is 6.99. The van der Waals surface area contributed by atoms with Crippen LogP contribution in [0, 0.1) is 5.92 Å². The van der Waals surface area contributed by atoms with Gasteiger partial charge < -0.3 is 22.8 Å². The van der Waals surface area contributed by atoms with E-state index >= 15 is 0 Å². The number of carbonyl (C=O) groups is 1. The second-order valence-corrected chi connectivity index (χ2v) is 30.7. The Kier molecular flexibility index (Phi) is 17.2. The molecule has 292 valence electrons. The topological polar surface area (TPSA) is 63.2 Å². The first kappa shape index (κ1) is 44.8. The molecule has 0 saturated carbocycles.